The highest BCUT2D eigenvalue weighted by atomic mass is 32.2. The number of benzene rings is 1. The van der Waals surface area contributed by atoms with E-state index < -0.39 is 11.7 Å². The summed E-state index contributed by atoms with van der Waals surface area (Å²) in [7, 11) is 3.30. The number of fused-ring (bicyclic) bond motifs is 2. The van der Waals surface area contributed by atoms with Gasteiger partial charge in [-0.05, 0) is 39.5 Å². The van der Waals surface area contributed by atoms with Crippen molar-refractivity contribution in [3.8, 4) is 5.75 Å². The third kappa shape index (κ3) is 5.32. The average Bonchev–Trinajstić information content (AvgIpc) is 2.85. The second-order valence-electron chi connectivity index (χ2n) is 9.01. The monoisotopic (exact) mass is 501 g/mol. The van der Waals surface area contributed by atoms with E-state index in [1.807, 2.05) is 64.0 Å². The SMILES string of the molecule is CC.COc1cccc2c1N(C(=O)OC(C)(C)C)CCC2N1Cc2cnc(SC)nc2N(C)C1=O. The molecule has 190 valence electrons. The Morgan fingerprint density at radius 1 is 1.23 bits per heavy atom. The van der Waals surface area contributed by atoms with Gasteiger partial charge in [-0.1, -0.05) is 37.7 Å². The largest absolute Gasteiger partial charge is 0.495 e. The molecule has 1 atom stereocenters. The van der Waals surface area contributed by atoms with Crippen LogP contribution in [0, 0.1) is 0 Å². The molecule has 35 heavy (non-hydrogen) atoms. The Hall–Kier alpha value is -3.01. The van der Waals surface area contributed by atoms with Gasteiger partial charge in [0, 0.05) is 30.9 Å². The van der Waals surface area contributed by atoms with Crippen LogP contribution in [0.15, 0.2) is 29.6 Å². The number of anilines is 2. The van der Waals surface area contributed by atoms with Gasteiger partial charge in [-0.25, -0.2) is 19.6 Å². The minimum atomic E-state index is -0.624. The molecule has 3 heterocycles. The average molecular weight is 502 g/mol. The van der Waals surface area contributed by atoms with E-state index in [1.165, 1.54) is 11.8 Å². The van der Waals surface area contributed by atoms with Gasteiger partial charge in [0.15, 0.2) is 5.16 Å². The lowest BCUT2D eigenvalue weighted by atomic mass is 9.93. The van der Waals surface area contributed by atoms with Gasteiger partial charge in [0.05, 0.1) is 25.4 Å². The summed E-state index contributed by atoms with van der Waals surface area (Å²) < 4.78 is 11.2. The fourth-order valence-corrected chi connectivity index (χ4v) is 4.60. The van der Waals surface area contributed by atoms with Crippen LogP contribution in [0.25, 0.3) is 0 Å². The van der Waals surface area contributed by atoms with E-state index in [0.29, 0.717) is 41.9 Å². The van der Waals surface area contributed by atoms with E-state index in [9.17, 15) is 9.59 Å². The molecule has 0 spiro atoms. The number of nitrogens with zero attached hydrogens (tertiary/aromatic N) is 5. The number of ether oxygens (including phenoxy) is 2. The molecule has 0 bridgehead atoms. The van der Waals surface area contributed by atoms with Crippen molar-refractivity contribution in [1.82, 2.24) is 14.9 Å². The molecule has 3 amide bonds. The molecule has 1 aromatic heterocycles. The van der Waals surface area contributed by atoms with Gasteiger partial charge in [-0.3, -0.25) is 9.80 Å². The number of urea groups is 1. The smallest absolute Gasteiger partial charge is 0.414 e. The molecule has 2 aromatic rings. The van der Waals surface area contributed by atoms with E-state index >= 15 is 0 Å². The molecule has 0 saturated heterocycles. The summed E-state index contributed by atoms with van der Waals surface area (Å²) >= 11 is 1.44. The van der Waals surface area contributed by atoms with Crippen molar-refractivity contribution in [2.24, 2.45) is 0 Å². The fourth-order valence-electron chi connectivity index (χ4n) is 4.26. The van der Waals surface area contributed by atoms with Crippen LogP contribution in [-0.2, 0) is 11.3 Å². The molecule has 9 nitrogen and oxygen atoms in total. The molecular weight excluding hydrogens is 466 g/mol. The molecule has 1 aromatic carbocycles. The van der Waals surface area contributed by atoms with Crippen LogP contribution in [0.5, 0.6) is 5.75 Å². The zero-order valence-corrected chi connectivity index (χ0v) is 22.6. The minimum absolute atomic E-state index is 0.141. The number of rotatable bonds is 3. The number of carbonyl (C=O) groups is 2. The Morgan fingerprint density at radius 3 is 2.57 bits per heavy atom. The van der Waals surface area contributed by atoms with Crippen molar-refractivity contribution in [3.63, 3.8) is 0 Å². The maximum absolute atomic E-state index is 13.4. The predicted molar refractivity (Wildman–Crippen MR) is 138 cm³/mol. The zero-order chi connectivity index (χ0) is 25.9. The first-order valence-corrected chi connectivity index (χ1v) is 13.0. The van der Waals surface area contributed by atoms with E-state index in [0.717, 1.165) is 11.1 Å². The van der Waals surface area contributed by atoms with E-state index in [1.54, 1.807) is 30.2 Å². The Morgan fingerprint density at radius 2 is 1.94 bits per heavy atom. The fraction of sp³-hybridized carbons (Fsp3) is 0.520. The first kappa shape index (κ1) is 26.6. The van der Waals surface area contributed by atoms with Crippen molar-refractivity contribution < 1.29 is 19.1 Å². The van der Waals surface area contributed by atoms with Crippen molar-refractivity contribution >= 4 is 35.4 Å². The van der Waals surface area contributed by atoms with E-state index in [4.69, 9.17) is 9.47 Å². The van der Waals surface area contributed by atoms with Crippen LogP contribution < -0.4 is 14.5 Å². The second-order valence-corrected chi connectivity index (χ2v) is 9.78. The van der Waals surface area contributed by atoms with Crippen molar-refractivity contribution in [1.29, 1.82) is 0 Å². The number of thioether (sulfide) groups is 1. The summed E-state index contributed by atoms with van der Waals surface area (Å²) in [6.07, 6.45) is 3.82. The Labute approximate surface area is 211 Å². The molecule has 1 unspecified atom stereocenters. The van der Waals surface area contributed by atoms with Crippen LogP contribution in [0.2, 0.25) is 0 Å². The predicted octanol–water partition coefficient (Wildman–Crippen LogP) is 5.49. The summed E-state index contributed by atoms with van der Waals surface area (Å²) in [6, 6.07) is 5.25. The molecule has 0 radical (unpaired) electrons. The molecule has 0 saturated carbocycles. The van der Waals surface area contributed by atoms with Crippen LogP contribution in [-0.4, -0.2) is 59.6 Å². The number of methoxy groups -OCH3 is 1. The lowest BCUT2D eigenvalue weighted by Crippen LogP contribution is -2.50. The van der Waals surface area contributed by atoms with Crippen LogP contribution in [0.1, 0.15) is 58.2 Å². The van der Waals surface area contributed by atoms with Gasteiger partial charge in [0.1, 0.15) is 17.2 Å². The molecule has 0 N–H and O–H groups in total. The quantitative estimate of drug-likeness (QED) is 0.406. The Bertz CT molecular complexity index is 1090. The minimum Gasteiger partial charge on any atom is -0.495 e. The first-order chi connectivity index (χ1) is 16.6. The number of para-hydroxylation sites is 1. The highest BCUT2D eigenvalue weighted by Crippen LogP contribution is 2.45. The third-order valence-electron chi connectivity index (χ3n) is 5.69. The van der Waals surface area contributed by atoms with Gasteiger partial charge in [-0.2, -0.15) is 0 Å². The lowest BCUT2D eigenvalue weighted by molar-refractivity contribution is 0.0571. The zero-order valence-electron chi connectivity index (χ0n) is 21.8. The molecular formula is C25H35N5O4S. The highest BCUT2D eigenvalue weighted by molar-refractivity contribution is 7.98. The maximum atomic E-state index is 13.4. The van der Waals surface area contributed by atoms with Gasteiger partial charge >= 0.3 is 12.1 Å². The van der Waals surface area contributed by atoms with Crippen LogP contribution in [0.4, 0.5) is 21.1 Å². The number of amides is 3. The van der Waals surface area contributed by atoms with Crippen molar-refractivity contribution in [2.75, 3.05) is 36.8 Å². The van der Waals surface area contributed by atoms with Gasteiger partial charge in [0.25, 0.3) is 0 Å². The molecule has 2 aliphatic rings. The van der Waals surface area contributed by atoms with Crippen LogP contribution >= 0.6 is 11.8 Å². The molecule has 0 aliphatic carbocycles. The van der Waals surface area contributed by atoms with Crippen molar-refractivity contribution in [3.05, 3.63) is 35.5 Å². The number of hydrogen-bond acceptors (Lipinski definition) is 7. The standard InChI is InChI=1S/C23H29N5O4S.C2H6/c1-23(2,3)32-22(30)27-11-10-16(15-8-7-9-17(31-5)18(15)27)28-13-14-12-24-20(33-6)25-19(14)26(4)21(28)29;1-2/h7-9,12,16H,10-11,13H2,1-6H3;1-2H3. The first-order valence-electron chi connectivity index (χ1n) is 11.8. The summed E-state index contributed by atoms with van der Waals surface area (Å²) in [6.45, 7) is 10.3. The Kier molecular flexibility index (Phi) is 8.15. The summed E-state index contributed by atoms with van der Waals surface area (Å²) in [5.74, 6) is 1.20. The number of aromatic nitrogens is 2. The third-order valence-corrected chi connectivity index (χ3v) is 6.25. The number of carbonyl (C=O) groups excluding carboxylic acids is 2. The highest BCUT2D eigenvalue weighted by Gasteiger charge is 2.41. The lowest BCUT2D eigenvalue weighted by Gasteiger charge is -2.43. The molecule has 10 heteroatoms. The second kappa shape index (κ2) is 10.7. The van der Waals surface area contributed by atoms with E-state index in [2.05, 4.69) is 9.97 Å². The van der Waals surface area contributed by atoms with Crippen molar-refractivity contribution in [2.45, 2.75) is 64.4 Å². The Balaban J connectivity index is 0.00000167. The van der Waals surface area contributed by atoms with E-state index in [-0.39, 0.29) is 12.1 Å². The summed E-state index contributed by atoms with van der Waals surface area (Å²) in [5.41, 5.74) is 1.74. The van der Waals surface area contributed by atoms with Gasteiger partial charge in [-0.15, -0.1) is 0 Å². The van der Waals surface area contributed by atoms with Gasteiger partial charge in [0.2, 0.25) is 0 Å². The topological polar surface area (TPSA) is 88.1 Å². The van der Waals surface area contributed by atoms with Gasteiger partial charge < -0.3 is 14.4 Å². The number of hydrogen-bond donors (Lipinski definition) is 0. The molecule has 0 fully saturated rings. The molecule has 4 rings (SSSR count). The summed E-state index contributed by atoms with van der Waals surface area (Å²) in [4.78, 5) is 40.3. The maximum Gasteiger partial charge on any atom is 0.414 e. The summed E-state index contributed by atoms with van der Waals surface area (Å²) in [5, 5.41) is 0.627. The normalized spacial score (nSPS) is 17.2. The molecule has 2 aliphatic heterocycles. The van der Waals surface area contributed by atoms with Crippen LogP contribution in [0.3, 0.4) is 0 Å².